The van der Waals surface area contributed by atoms with Crippen molar-refractivity contribution in [3.8, 4) is 0 Å². The molecule has 0 radical (unpaired) electrons. The zero-order chi connectivity index (χ0) is 18.8. The van der Waals surface area contributed by atoms with Crippen molar-refractivity contribution in [2.45, 2.75) is 72.1 Å². The van der Waals surface area contributed by atoms with Gasteiger partial charge < -0.3 is 19.5 Å². The smallest absolute Gasteiger partial charge is 0.408 e. The van der Waals surface area contributed by atoms with Crippen LogP contribution in [0.4, 0.5) is 4.79 Å². The van der Waals surface area contributed by atoms with Crippen LogP contribution in [0.25, 0.3) is 0 Å². The summed E-state index contributed by atoms with van der Waals surface area (Å²) in [5.41, 5.74) is -0.724. The maximum Gasteiger partial charge on any atom is 0.408 e. The average molecular weight is 343 g/mol. The van der Waals surface area contributed by atoms with Crippen molar-refractivity contribution in [1.82, 2.24) is 5.32 Å². The fourth-order valence-electron chi connectivity index (χ4n) is 1.75. The molecule has 0 bridgehead atoms. The number of rotatable bonds is 8. The van der Waals surface area contributed by atoms with Gasteiger partial charge in [-0.3, -0.25) is 4.79 Å². The minimum atomic E-state index is -1.18. The second-order valence-electron chi connectivity index (χ2n) is 6.17. The first-order valence-corrected chi connectivity index (χ1v) is 8.10. The second kappa shape index (κ2) is 10.7. The van der Waals surface area contributed by atoms with E-state index in [1.165, 1.54) is 6.92 Å². The lowest BCUT2D eigenvalue weighted by atomic mass is 10.1. The lowest BCUT2D eigenvalue weighted by Gasteiger charge is -2.26. The van der Waals surface area contributed by atoms with Gasteiger partial charge in [0.15, 0.2) is 12.1 Å². The quantitative estimate of drug-likeness (QED) is 0.414. The third-order valence-electron chi connectivity index (χ3n) is 2.62. The molecule has 2 unspecified atom stereocenters. The number of alkyl carbamates (subject to hydrolysis) is 1. The van der Waals surface area contributed by atoms with E-state index in [1.54, 1.807) is 39.8 Å². The molecule has 1 amide bonds. The maximum absolute atomic E-state index is 12.2. The van der Waals surface area contributed by atoms with Crippen LogP contribution in [0.1, 0.15) is 54.4 Å². The summed E-state index contributed by atoms with van der Waals surface area (Å²) in [5, 5.41) is 2.43. The van der Waals surface area contributed by atoms with Gasteiger partial charge in [-0.25, -0.2) is 9.59 Å². The van der Waals surface area contributed by atoms with Crippen LogP contribution in [0.15, 0.2) is 12.2 Å². The normalized spacial score (nSPS) is 13.9. The van der Waals surface area contributed by atoms with Crippen molar-refractivity contribution in [3.63, 3.8) is 0 Å². The summed E-state index contributed by atoms with van der Waals surface area (Å²) < 4.78 is 15.3. The highest BCUT2D eigenvalue weighted by molar-refractivity contribution is 5.83. The Morgan fingerprint density at radius 3 is 2.25 bits per heavy atom. The summed E-state index contributed by atoms with van der Waals surface area (Å²) in [5.74, 6) is -1.27. The molecule has 7 nitrogen and oxygen atoms in total. The molecule has 0 heterocycles. The van der Waals surface area contributed by atoms with Gasteiger partial charge >= 0.3 is 18.0 Å². The van der Waals surface area contributed by atoms with Crippen LogP contribution in [0.5, 0.6) is 0 Å². The van der Waals surface area contributed by atoms with Gasteiger partial charge in [0.2, 0.25) is 0 Å². The van der Waals surface area contributed by atoms with Gasteiger partial charge in [-0.2, -0.15) is 0 Å². The number of carbonyl (C=O) groups excluding carboxylic acids is 3. The summed E-state index contributed by atoms with van der Waals surface area (Å²) >= 11 is 0. The van der Waals surface area contributed by atoms with Crippen LogP contribution in [0.2, 0.25) is 0 Å². The van der Waals surface area contributed by atoms with Crippen LogP contribution in [-0.2, 0) is 23.8 Å². The minimum absolute atomic E-state index is 0.136. The number of hydrogen-bond acceptors (Lipinski definition) is 6. The molecule has 0 aliphatic heterocycles. The Bertz CT molecular complexity index is 452. The summed E-state index contributed by atoms with van der Waals surface area (Å²) in [7, 11) is 0. The van der Waals surface area contributed by atoms with Gasteiger partial charge in [0.05, 0.1) is 6.61 Å². The molecule has 2 atom stereocenters. The Morgan fingerprint density at radius 2 is 1.79 bits per heavy atom. The van der Waals surface area contributed by atoms with E-state index in [2.05, 4.69) is 5.32 Å². The molecule has 0 spiro atoms. The maximum atomic E-state index is 12.2. The molecule has 0 aromatic rings. The Balaban J connectivity index is 5.31. The van der Waals surface area contributed by atoms with Crippen molar-refractivity contribution in [1.29, 1.82) is 0 Å². The zero-order valence-corrected chi connectivity index (χ0v) is 15.4. The van der Waals surface area contributed by atoms with Gasteiger partial charge in [-0.1, -0.05) is 19.4 Å². The van der Waals surface area contributed by atoms with E-state index in [1.807, 2.05) is 6.92 Å². The number of allylic oxidation sites excluding steroid dienone is 1. The number of hydrogen-bond donors (Lipinski definition) is 1. The lowest BCUT2D eigenvalue weighted by Crippen LogP contribution is -2.51. The van der Waals surface area contributed by atoms with E-state index in [9.17, 15) is 14.4 Å². The summed E-state index contributed by atoms with van der Waals surface area (Å²) in [4.78, 5) is 35.5. The summed E-state index contributed by atoms with van der Waals surface area (Å²) in [6.07, 6.45) is 3.25. The molecular formula is C17H29NO6. The van der Waals surface area contributed by atoms with Crippen LogP contribution in [0, 0.1) is 0 Å². The molecule has 7 heteroatoms. The van der Waals surface area contributed by atoms with Crippen molar-refractivity contribution in [2.75, 3.05) is 6.61 Å². The Kier molecular flexibility index (Phi) is 9.76. The van der Waals surface area contributed by atoms with Gasteiger partial charge in [0.25, 0.3) is 0 Å². The number of ether oxygens (including phenoxy) is 3. The SMILES string of the molecule is CCC/C=C/C(OC(C)=O)C(NC(=O)OC(C)(C)C)C(=O)OCC. The highest BCUT2D eigenvalue weighted by Gasteiger charge is 2.33. The zero-order valence-electron chi connectivity index (χ0n) is 15.4. The Morgan fingerprint density at radius 1 is 1.17 bits per heavy atom. The van der Waals surface area contributed by atoms with Crippen molar-refractivity contribution < 1.29 is 28.6 Å². The predicted molar refractivity (Wildman–Crippen MR) is 89.4 cm³/mol. The number of amides is 1. The van der Waals surface area contributed by atoms with Crippen LogP contribution < -0.4 is 5.32 Å². The Hall–Kier alpha value is -2.05. The van der Waals surface area contributed by atoms with Crippen molar-refractivity contribution in [3.05, 3.63) is 12.2 Å². The van der Waals surface area contributed by atoms with Gasteiger partial charge in [-0.05, 0) is 40.2 Å². The molecule has 1 N–H and O–H groups in total. The van der Waals surface area contributed by atoms with E-state index in [-0.39, 0.29) is 6.61 Å². The predicted octanol–water partition coefficient (Wildman–Crippen LogP) is 2.73. The standard InChI is InChI=1S/C17H29NO6/c1-7-9-10-11-13(23-12(3)19)14(15(20)22-8-2)18-16(21)24-17(4,5)6/h10-11,13-14H,7-9H2,1-6H3,(H,18,21)/b11-10+. The molecule has 0 aliphatic rings. The van der Waals surface area contributed by atoms with E-state index >= 15 is 0 Å². The van der Waals surface area contributed by atoms with E-state index in [0.29, 0.717) is 0 Å². The number of nitrogens with one attached hydrogen (secondary N) is 1. The molecule has 0 aromatic heterocycles. The summed E-state index contributed by atoms with van der Waals surface area (Å²) in [6.45, 7) is 10.1. The summed E-state index contributed by atoms with van der Waals surface area (Å²) in [6, 6.07) is -1.18. The number of esters is 2. The monoisotopic (exact) mass is 343 g/mol. The fourth-order valence-corrected chi connectivity index (χ4v) is 1.75. The molecule has 0 saturated carbocycles. The van der Waals surface area contributed by atoms with Crippen molar-refractivity contribution in [2.24, 2.45) is 0 Å². The van der Waals surface area contributed by atoms with Gasteiger partial charge in [0, 0.05) is 6.92 Å². The lowest BCUT2D eigenvalue weighted by molar-refractivity contribution is -0.154. The first kappa shape index (κ1) is 21.9. The molecule has 0 rings (SSSR count). The van der Waals surface area contributed by atoms with Crippen LogP contribution in [-0.4, -0.2) is 42.4 Å². The number of carbonyl (C=O) groups is 3. The molecule has 0 aromatic carbocycles. The van der Waals surface area contributed by atoms with E-state index < -0.39 is 35.8 Å². The molecule has 0 saturated heterocycles. The van der Waals surface area contributed by atoms with Crippen LogP contribution in [0.3, 0.4) is 0 Å². The second-order valence-corrected chi connectivity index (χ2v) is 6.17. The molecule has 138 valence electrons. The molecule has 0 fully saturated rings. The van der Waals surface area contributed by atoms with Crippen molar-refractivity contribution >= 4 is 18.0 Å². The molecular weight excluding hydrogens is 314 g/mol. The van der Waals surface area contributed by atoms with Crippen LogP contribution >= 0.6 is 0 Å². The van der Waals surface area contributed by atoms with E-state index in [0.717, 1.165) is 12.8 Å². The minimum Gasteiger partial charge on any atom is -0.464 e. The highest BCUT2D eigenvalue weighted by atomic mass is 16.6. The number of unbranched alkanes of at least 4 members (excludes halogenated alkanes) is 1. The molecule has 0 aliphatic carbocycles. The first-order chi connectivity index (χ1) is 11.1. The van der Waals surface area contributed by atoms with Gasteiger partial charge in [-0.15, -0.1) is 0 Å². The first-order valence-electron chi connectivity index (χ1n) is 8.10. The third-order valence-corrected chi connectivity index (χ3v) is 2.62. The topological polar surface area (TPSA) is 90.9 Å². The van der Waals surface area contributed by atoms with E-state index in [4.69, 9.17) is 14.2 Å². The average Bonchev–Trinajstić information content (AvgIpc) is 2.42. The highest BCUT2D eigenvalue weighted by Crippen LogP contribution is 2.10. The Labute approximate surface area is 143 Å². The largest absolute Gasteiger partial charge is 0.464 e. The fraction of sp³-hybridized carbons (Fsp3) is 0.706. The third kappa shape index (κ3) is 9.86. The molecule has 24 heavy (non-hydrogen) atoms. The van der Waals surface area contributed by atoms with Gasteiger partial charge in [0.1, 0.15) is 5.60 Å².